The number of carbonyl (C=O) groups excluding carboxylic acids is 1. The van der Waals surface area contributed by atoms with E-state index in [1.807, 2.05) is 6.07 Å². The first-order valence-corrected chi connectivity index (χ1v) is 10.7. The second-order valence-electron chi connectivity index (χ2n) is 8.01. The standard InChI is InChI=1S/C21H25F2NO2S/c1-12-6-8-14(9-7-12)26-21(25)17-10-15(13-4-2-3-5-13)19(24-17)18-11-16(22)20(23)27-18/h10-14,24H,2-9H2,1H3. The maximum absolute atomic E-state index is 13.6. The predicted octanol–water partition coefficient (Wildman–Crippen LogP) is 6.41. The van der Waals surface area contributed by atoms with Crippen LogP contribution in [0.25, 0.3) is 10.6 Å². The van der Waals surface area contributed by atoms with Crippen LogP contribution in [0, 0.1) is 16.9 Å². The summed E-state index contributed by atoms with van der Waals surface area (Å²) in [6.07, 6.45) is 8.28. The third-order valence-corrected chi connectivity index (χ3v) is 6.91. The molecule has 0 amide bonds. The molecule has 0 saturated heterocycles. The average molecular weight is 393 g/mol. The van der Waals surface area contributed by atoms with E-state index in [4.69, 9.17) is 4.74 Å². The third-order valence-electron chi connectivity index (χ3n) is 5.99. The van der Waals surface area contributed by atoms with Crippen LogP contribution in [0.15, 0.2) is 12.1 Å². The number of esters is 1. The van der Waals surface area contributed by atoms with Gasteiger partial charge in [-0.15, -0.1) is 11.3 Å². The summed E-state index contributed by atoms with van der Waals surface area (Å²) in [5.74, 6) is -0.198. The van der Waals surface area contributed by atoms with E-state index in [1.165, 1.54) is 6.07 Å². The van der Waals surface area contributed by atoms with E-state index < -0.39 is 10.9 Å². The van der Waals surface area contributed by atoms with Crippen molar-refractivity contribution in [2.24, 2.45) is 5.92 Å². The fraction of sp³-hybridized carbons (Fsp3) is 0.571. The zero-order valence-corrected chi connectivity index (χ0v) is 16.3. The van der Waals surface area contributed by atoms with E-state index in [0.717, 1.165) is 68.3 Å². The van der Waals surface area contributed by atoms with Crippen molar-refractivity contribution in [3.05, 3.63) is 34.3 Å². The monoisotopic (exact) mass is 393 g/mol. The van der Waals surface area contributed by atoms with Crippen molar-refractivity contribution in [1.82, 2.24) is 4.98 Å². The lowest BCUT2D eigenvalue weighted by Crippen LogP contribution is -2.23. The van der Waals surface area contributed by atoms with E-state index in [0.29, 0.717) is 28.1 Å². The van der Waals surface area contributed by atoms with Crippen LogP contribution in [0.3, 0.4) is 0 Å². The topological polar surface area (TPSA) is 42.1 Å². The Kier molecular flexibility index (Phi) is 5.35. The minimum atomic E-state index is -0.845. The number of hydrogen-bond acceptors (Lipinski definition) is 3. The molecule has 2 heterocycles. The number of rotatable bonds is 4. The number of aromatic amines is 1. The first-order valence-electron chi connectivity index (χ1n) is 9.90. The van der Waals surface area contributed by atoms with Gasteiger partial charge in [0.25, 0.3) is 0 Å². The van der Waals surface area contributed by atoms with Crippen LogP contribution in [0.5, 0.6) is 0 Å². The minimum Gasteiger partial charge on any atom is -0.458 e. The highest BCUT2D eigenvalue weighted by Gasteiger charge is 2.28. The van der Waals surface area contributed by atoms with Gasteiger partial charge in [-0.3, -0.25) is 0 Å². The molecule has 0 aliphatic heterocycles. The van der Waals surface area contributed by atoms with Crippen molar-refractivity contribution in [3.63, 3.8) is 0 Å². The number of aromatic nitrogens is 1. The van der Waals surface area contributed by atoms with Crippen molar-refractivity contribution < 1.29 is 18.3 Å². The van der Waals surface area contributed by atoms with Crippen molar-refractivity contribution >= 4 is 17.3 Å². The van der Waals surface area contributed by atoms with Gasteiger partial charge in [-0.2, -0.15) is 4.39 Å². The fourth-order valence-corrected chi connectivity index (χ4v) is 5.16. The Morgan fingerprint density at radius 1 is 1.11 bits per heavy atom. The molecule has 2 saturated carbocycles. The molecule has 2 fully saturated rings. The van der Waals surface area contributed by atoms with Crippen LogP contribution in [-0.2, 0) is 4.74 Å². The van der Waals surface area contributed by atoms with Crippen LogP contribution < -0.4 is 0 Å². The van der Waals surface area contributed by atoms with E-state index in [-0.39, 0.29) is 12.1 Å². The summed E-state index contributed by atoms with van der Waals surface area (Å²) >= 11 is 0.776. The number of nitrogens with one attached hydrogen (secondary N) is 1. The van der Waals surface area contributed by atoms with E-state index in [9.17, 15) is 13.6 Å². The van der Waals surface area contributed by atoms with E-state index in [1.54, 1.807) is 0 Å². The normalized spacial score (nSPS) is 23.7. The first kappa shape index (κ1) is 18.7. The maximum atomic E-state index is 13.6. The summed E-state index contributed by atoms with van der Waals surface area (Å²) < 4.78 is 32.9. The van der Waals surface area contributed by atoms with Crippen LogP contribution >= 0.6 is 11.3 Å². The molecule has 0 unspecified atom stereocenters. The van der Waals surface area contributed by atoms with Crippen LogP contribution in [-0.4, -0.2) is 17.1 Å². The highest BCUT2D eigenvalue weighted by Crippen LogP contribution is 2.42. The smallest absolute Gasteiger partial charge is 0.355 e. The zero-order valence-electron chi connectivity index (χ0n) is 15.5. The Morgan fingerprint density at radius 2 is 1.81 bits per heavy atom. The summed E-state index contributed by atoms with van der Waals surface area (Å²) in [7, 11) is 0. The second kappa shape index (κ2) is 7.74. The van der Waals surface area contributed by atoms with Gasteiger partial charge in [0.15, 0.2) is 5.82 Å². The Morgan fingerprint density at radius 3 is 2.44 bits per heavy atom. The van der Waals surface area contributed by atoms with Gasteiger partial charge in [-0.05, 0) is 68.1 Å². The molecule has 0 radical (unpaired) electrons. The summed E-state index contributed by atoms with van der Waals surface area (Å²) in [6, 6.07) is 3.05. The van der Waals surface area contributed by atoms with Crippen molar-refractivity contribution in [2.45, 2.75) is 70.3 Å². The molecule has 2 aliphatic rings. The number of halogens is 2. The molecule has 4 rings (SSSR count). The lowest BCUT2D eigenvalue weighted by molar-refractivity contribution is 0.0168. The van der Waals surface area contributed by atoms with Gasteiger partial charge in [0.05, 0.1) is 10.6 Å². The summed E-state index contributed by atoms with van der Waals surface area (Å²) in [5.41, 5.74) is 2.04. The highest BCUT2D eigenvalue weighted by atomic mass is 32.1. The van der Waals surface area contributed by atoms with Gasteiger partial charge in [-0.1, -0.05) is 19.8 Å². The molecular weight excluding hydrogens is 368 g/mol. The van der Waals surface area contributed by atoms with Gasteiger partial charge < -0.3 is 9.72 Å². The molecule has 0 aromatic carbocycles. The molecule has 1 N–H and O–H groups in total. The number of thiophene rings is 1. The fourth-order valence-electron chi connectivity index (χ4n) is 4.38. The molecule has 2 aromatic heterocycles. The molecule has 6 heteroatoms. The SMILES string of the molecule is CC1CCC(OC(=O)c2cc(C3CCCC3)c(-c3cc(F)c(F)s3)[nH]2)CC1. The zero-order chi connectivity index (χ0) is 19.0. The van der Waals surface area contributed by atoms with Crippen molar-refractivity contribution in [1.29, 1.82) is 0 Å². The van der Waals surface area contributed by atoms with Gasteiger partial charge in [-0.25, -0.2) is 9.18 Å². The predicted molar refractivity (Wildman–Crippen MR) is 102 cm³/mol. The van der Waals surface area contributed by atoms with Crippen molar-refractivity contribution in [2.75, 3.05) is 0 Å². The summed E-state index contributed by atoms with van der Waals surface area (Å²) in [5, 5.41) is -0.822. The molecule has 2 aliphatic carbocycles. The number of carbonyl (C=O) groups is 1. The molecule has 146 valence electrons. The highest BCUT2D eigenvalue weighted by molar-refractivity contribution is 7.13. The Hall–Kier alpha value is -1.69. The van der Waals surface area contributed by atoms with Crippen LogP contribution in [0.1, 0.15) is 80.3 Å². The largest absolute Gasteiger partial charge is 0.458 e. The van der Waals surface area contributed by atoms with Crippen LogP contribution in [0.4, 0.5) is 8.78 Å². The quantitative estimate of drug-likeness (QED) is 0.610. The van der Waals surface area contributed by atoms with Gasteiger partial charge in [0, 0.05) is 0 Å². The molecule has 0 atom stereocenters. The molecule has 0 spiro atoms. The van der Waals surface area contributed by atoms with Gasteiger partial charge >= 0.3 is 5.97 Å². The maximum Gasteiger partial charge on any atom is 0.355 e. The van der Waals surface area contributed by atoms with Crippen LogP contribution in [0.2, 0.25) is 0 Å². The average Bonchev–Trinajstić information content (AvgIpc) is 3.37. The molecule has 2 aromatic rings. The first-order chi connectivity index (χ1) is 13.0. The second-order valence-corrected chi connectivity index (χ2v) is 9.02. The Balaban J connectivity index is 1.59. The Bertz CT molecular complexity index is 795. The molecule has 3 nitrogen and oxygen atoms in total. The van der Waals surface area contributed by atoms with Crippen molar-refractivity contribution in [3.8, 4) is 10.6 Å². The number of ether oxygens (including phenoxy) is 1. The third kappa shape index (κ3) is 3.96. The molecular formula is C21H25F2NO2S. The summed E-state index contributed by atoms with van der Waals surface area (Å²) in [6.45, 7) is 2.22. The van der Waals surface area contributed by atoms with E-state index >= 15 is 0 Å². The van der Waals surface area contributed by atoms with Gasteiger partial charge in [0.2, 0.25) is 5.13 Å². The van der Waals surface area contributed by atoms with Gasteiger partial charge in [0.1, 0.15) is 11.8 Å². The minimum absolute atomic E-state index is 0.0352. The summed E-state index contributed by atoms with van der Waals surface area (Å²) in [4.78, 5) is 16.3. The Labute approximate surface area is 162 Å². The number of hydrogen-bond donors (Lipinski definition) is 1. The molecule has 0 bridgehead atoms. The lowest BCUT2D eigenvalue weighted by atomic mass is 9.89. The van der Waals surface area contributed by atoms with E-state index in [2.05, 4.69) is 11.9 Å². The molecule has 27 heavy (non-hydrogen) atoms. The number of H-pyrrole nitrogens is 1. The lowest BCUT2D eigenvalue weighted by Gasteiger charge is -2.25.